The van der Waals surface area contributed by atoms with E-state index < -0.39 is 5.97 Å². The van der Waals surface area contributed by atoms with Gasteiger partial charge in [0.05, 0.1) is 24.3 Å². The van der Waals surface area contributed by atoms with E-state index in [9.17, 15) is 9.59 Å². The zero-order chi connectivity index (χ0) is 21.3. The largest absolute Gasteiger partial charge is 0.497 e. The highest BCUT2D eigenvalue weighted by atomic mass is 32.1. The van der Waals surface area contributed by atoms with Gasteiger partial charge in [-0.3, -0.25) is 9.59 Å². The molecule has 0 saturated carbocycles. The molecule has 0 aliphatic heterocycles. The molecule has 2 aromatic carbocycles. The number of aromatic nitrogens is 3. The number of rotatable bonds is 5. The zero-order valence-corrected chi connectivity index (χ0v) is 17.2. The van der Waals surface area contributed by atoms with Crippen LogP contribution in [-0.4, -0.2) is 34.8 Å². The fourth-order valence-electron chi connectivity index (χ4n) is 2.92. The van der Waals surface area contributed by atoms with Gasteiger partial charge in [0.15, 0.2) is 5.82 Å². The molecule has 0 N–H and O–H groups in total. The molecule has 0 unspecified atom stereocenters. The Kier molecular flexibility index (Phi) is 5.20. The van der Waals surface area contributed by atoms with Gasteiger partial charge in [-0.15, -0.1) is 5.10 Å². The molecule has 0 spiro atoms. The minimum absolute atomic E-state index is 0.295. The van der Waals surface area contributed by atoms with Crippen LogP contribution in [0.5, 0.6) is 17.2 Å². The Morgan fingerprint density at radius 2 is 1.90 bits per heavy atom. The summed E-state index contributed by atoms with van der Waals surface area (Å²) in [5.41, 5.74) is 0.974. The first-order chi connectivity index (χ1) is 14.5. The lowest BCUT2D eigenvalue weighted by Crippen LogP contribution is -2.23. The van der Waals surface area contributed by atoms with Crippen LogP contribution in [0.2, 0.25) is 0 Å². The van der Waals surface area contributed by atoms with E-state index in [0.717, 1.165) is 5.56 Å². The number of thiazole rings is 1. The second-order valence-electron chi connectivity index (χ2n) is 6.24. The van der Waals surface area contributed by atoms with Gasteiger partial charge in [0.25, 0.3) is 5.56 Å². The quantitative estimate of drug-likeness (QED) is 0.359. The van der Waals surface area contributed by atoms with E-state index in [4.69, 9.17) is 14.2 Å². The number of nitrogens with zero attached hydrogens (tertiary/aromatic N) is 3. The summed E-state index contributed by atoms with van der Waals surface area (Å²) in [6.07, 6.45) is 1.73. The molecule has 0 aliphatic rings. The van der Waals surface area contributed by atoms with Gasteiger partial charge in [-0.2, -0.15) is 9.50 Å². The van der Waals surface area contributed by atoms with E-state index in [0.29, 0.717) is 38.1 Å². The maximum Gasteiger partial charge on any atom is 0.308 e. The number of carbonyl (C=O) groups is 1. The number of methoxy groups -OCH3 is 2. The lowest BCUT2D eigenvalue weighted by atomic mass is 10.2. The predicted molar refractivity (Wildman–Crippen MR) is 112 cm³/mol. The highest BCUT2D eigenvalue weighted by molar-refractivity contribution is 7.15. The van der Waals surface area contributed by atoms with Gasteiger partial charge in [0, 0.05) is 18.6 Å². The van der Waals surface area contributed by atoms with E-state index in [1.165, 1.54) is 22.8 Å². The van der Waals surface area contributed by atoms with Crippen molar-refractivity contribution in [1.29, 1.82) is 0 Å². The van der Waals surface area contributed by atoms with Crippen molar-refractivity contribution in [2.45, 2.75) is 6.92 Å². The van der Waals surface area contributed by atoms with Gasteiger partial charge >= 0.3 is 5.97 Å². The van der Waals surface area contributed by atoms with Crippen LogP contribution in [-0.2, 0) is 4.79 Å². The summed E-state index contributed by atoms with van der Waals surface area (Å²) in [7, 11) is 3.13. The lowest BCUT2D eigenvalue weighted by Gasteiger charge is -2.06. The van der Waals surface area contributed by atoms with Crippen LogP contribution in [0.25, 0.3) is 22.4 Å². The monoisotopic (exact) mass is 423 g/mol. The number of hydrogen-bond acceptors (Lipinski definition) is 8. The van der Waals surface area contributed by atoms with Crippen molar-refractivity contribution in [3.63, 3.8) is 0 Å². The summed E-state index contributed by atoms with van der Waals surface area (Å²) in [5.74, 6) is 1.45. The molecule has 8 nitrogen and oxygen atoms in total. The topological polar surface area (TPSA) is 92.0 Å². The van der Waals surface area contributed by atoms with Crippen LogP contribution in [0.3, 0.4) is 0 Å². The first kappa shape index (κ1) is 19.6. The van der Waals surface area contributed by atoms with E-state index in [2.05, 4.69) is 10.1 Å². The third-order valence-electron chi connectivity index (χ3n) is 4.29. The normalized spacial score (nSPS) is 11.6. The number of ether oxygens (including phenoxy) is 3. The van der Waals surface area contributed by atoms with Gasteiger partial charge in [0.1, 0.15) is 17.2 Å². The van der Waals surface area contributed by atoms with Gasteiger partial charge in [-0.25, -0.2) is 0 Å². The van der Waals surface area contributed by atoms with Crippen molar-refractivity contribution in [3.05, 3.63) is 62.9 Å². The highest BCUT2D eigenvalue weighted by Crippen LogP contribution is 2.28. The molecule has 0 atom stereocenters. The van der Waals surface area contributed by atoms with Crippen molar-refractivity contribution in [3.8, 4) is 28.6 Å². The van der Waals surface area contributed by atoms with Crippen LogP contribution in [0.1, 0.15) is 12.5 Å². The molecule has 4 rings (SSSR count). The second kappa shape index (κ2) is 7.96. The molecular weight excluding hydrogens is 406 g/mol. The number of carbonyl (C=O) groups excluding carboxylic acids is 1. The van der Waals surface area contributed by atoms with E-state index in [-0.39, 0.29) is 5.56 Å². The third kappa shape index (κ3) is 3.62. The molecule has 0 fully saturated rings. The molecule has 2 aromatic heterocycles. The van der Waals surface area contributed by atoms with Crippen molar-refractivity contribution in [2.75, 3.05) is 14.2 Å². The summed E-state index contributed by atoms with van der Waals surface area (Å²) >= 11 is 1.21. The first-order valence-electron chi connectivity index (χ1n) is 8.91. The van der Waals surface area contributed by atoms with Gasteiger partial charge in [0.2, 0.25) is 4.96 Å². The summed E-state index contributed by atoms with van der Waals surface area (Å²) in [6.45, 7) is 1.32. The van der Waals surface area contributed by atoms with Crippen molar-refractivity contribution < 1.29 is 19.0 Å². The Bertz CT molecular complexity index is 1360. The minimum Gasteiger partial charge on any atom is -0.497 e. The summed E-state index contributed by atoms with van der Waals surface area (Å²) < 4.78 is 17.5. The number of fused-ring (bicyclic) bond motifs is 1. The van der Waals surface area contributed by atoms with Gasteiger partial charge in [-0.05, 0) is 30.3 Å². The fourth-order valence-corrected chi connectivity index (χ4v) is 3.82. The molecule has 4 aromatic rings. The van der Waals surface area contributed by atoms with Crippen molar-refractivity contribution in [2.24, 2.45) is 0 Å². The average molecular weight is 423 g/mol. The predicted octanol–water partition coefficient (Wildman–Crippen LogP) is 2.31. The Morgan fingerprint density at radius 1 is 1.10 bits per heavy atom. The van der Waals surface area contributed by atoms with Crippen LogP contribution in [0.4, 0.5) is 0 Å². The molecule has 0 amide bonds. The zero-order valence-electron chi connectivity index (χ0n) is 16.4. The Morgan fingerprint density at radius 3 is 2.60 bits per heavy atom. The molecular formula is C21H17N3O5S. The standard InChI is InChI=1S/C21H17N3O5S/c1-12(25)29-16-7-5-4-6-15(16)19-22-21-24(23-19)20(26)18(30-21)10-13-8-9-14(27-2)11-17(13)28-3/h4-11H,1-3H3. The summed E-state index contributed by atoms with van der Waals surface area (Å²) in [4.78, 5) is 29.1. The maximum atomic E-state index is 12.9. The van der Waals surface area contributed by atoms with E-state index in [1.54, 1.807) is 56.7 Å². The van der Waals surface area contributed by atoms with Gasteiger partial charge in [-0.1, -0.05) is 23.5 Å². The first-order valence-corrected chi connectivity index (χ1v) is 9.73. The maximum absolute atomic E-state index is 12.9. The van der Waals surface area contributed by atoms with Crippen LogP contribution < -0.4 is 24.3 Å². The van der Waals surface area contributed by atoms with Crippen LogP contribution in [0, 0.1) is 0 Å². The Labute approximate surface area is 175 Å². The highest BCUT2D eigenvalue weighted by Gasteiger charge is 2.16. The van der Waals surface area contributed by atoms with Gasteiger partial charge < -0.3 is 14.2 Å². The lowest BCUT2D eigenvalue weighted by molar-refractivity contribution is -0.131. The molecule has 30 heavy (non-hydrogen) atoms. The Hall–Kier alpha value is -3.72. The Balaban J connectivity index is 1.79. The molecule has 152 valence electrons. The molecule has 2 heterocycles. The smallest absolute Gasteiger partial charge is 0.308 e. The van der Waals surface area contributed by atoms with Crippen LogP contribution >= 0.6 is 11.3 Å². The summed E-state index contributed by atoms with van der Waals surface area (Å²) in [6, 6.07) is 12.3. The number of benzene rings is 2. The molecule has 0 radical (unpaired) electrons. The van der Waals surface area contributed by atoms with E-state index >= 15 is 0 Å². The number of esters is 1. The van der Waals surface area contributed by atoms with Crippen molar-refractivity contribution >= 4 is 28.3 Å². The van der Waals surface area contributed by atoms with E-state index in [1.807, 2.05) is 6.07 Å². The SMILES string of the molecule is COc1ccc(C=c2sc3nc(-c4ccccc4OC(C)=O)nn3c2=O)c(OC)c1. The fraction of sp³-hybridized carbons (Fsp3) is 0.143. The summed E-state index contributed by atoms with van der Waals surface area (Å²) in [5, 5.41) is 4.32. The average Bonchev–Trinajstić information content (AvgIpc) is 3.27. The van der Waals surface area contributed by atoms with Crippen LogP contribution in [0.15, 0.2) is 47.3 Å². The second-order valence-corrected chi connectivity index (χ2v) is 7.25. The molecule has 0 bridgehead atoms. The molecule has 0 saturated heterocycles. The minimum atomic E-state index is -0.446. The molecule has 0 aliphatic carbocycles. The third-order valence-corrected chi connectivity index (χ3v) is 5.25. The molecule has 9 heteroatoms. The number of hydrogen-bond donors (Lipinski definition) is 0. The van der Waals surface area contributed by atoms with Crippen molar-refractivity contribution in [1.82, 2.24) is 14.6 Å². The number of para-hydroxylation sites is 1.